The third-order valence-corrected chi connectivity index (χ3v) is 5.46. The number of carbonyl (C=O) groups excluding carboxylic acids is 2. The third-order valence-electron chi connectivity index (χ3n) is 5.46. The van der Waals surface area contributed by atoms with Gasteiger partial charge in [0, 0.05) is 23.5 Å². The van der Waals surface area contributed by atoms with E-state index in [1.54, 1.807) is 49.7 Å². The summed E-state index contributed by atoms with van der Waals surface area (Å²) in [5, 5.41) is 3.60. The Morgan fingerprint density at radius 3 is 2.08 bits per heavy atom. The number of methoxy groups -OCH3 is 1. The van der Waals surface area contributed by atoms with Gasteiger partial charge in [-0.15, -0.1) is 0 Å². The van der Waals surface area contributed by atoms with Gasteiger partial charge in [-0.3, -0.25) is 9.59 Å². The van der Waals surface area contributed by atoms with Gasteiger partial charge >= 0.3 is 0 Å². The molecule has 2 heterocycles. The second-order valence-corrected chi connectivity index (χ2v) is 9.58. The molecular weight excluding hydrogens is 490 g/mol. The number of rotatable bonds is 16. The molecular formula is C28H37N3O7. The number of pyridine rings is 1. The number of hydrogen-bond acceptors (Lipinski definition) is 8. The second-order valence-electron chi connectivity index (χ2n) is 9.58. The van der Waals surface area contributed by atoms with E-state index in [2.05, 4.69) is 15.3 Å². The van der Waals surface area contributed by atoms with E-state index in [1.165, 1.54) is 0 Å². The molecule has 0 saturated heterocycles. The summed E-state index contributed by atoms with van der Waals surface area (Å²) >= 11 is 0. The van der Waals surface area contributed by atoms with E-state index in [-0.39, 0.29) is 11.7 Å². The molecule has 0 unspecified atom stereocenters. The van der Waals surface area contributed by atoms with Gasteiger partial charge in [-0.2, -0.15) is 0 Å². The Morgan fingerprint density at radius 2 is 1.47 bits per heavy atom. The number of carbonyl (C=O) groups is 2. The number of aromatic amines is 1. The zero-order valence-corrected chi connectivity index (χ0v) is 22.5. The molecule has 0 spiro atoms. The third kappa shape index (κ3) is 9.21. The number of ketones is 1. The maximum absolute atomic E-state index is 12.7. The minimum atomic E-state index is -0.497. The largest absolute Gasteiger partial charge is 0.491 e. The molecule has 0 fully saturated rings. The lowest BCUT2D eigenvalue weighted by molar-refractivity contribution is 0.000164. The molecule has 38 heavy (non-hydrogen) atoms. The van der Waals surface area contributed by atoms with Crippen molar-refractivity contribution in [3.8, 4) is 5.75 Å². The van der Waals surface area contributed by atoms with Gasteiger partial charge in [-0.25, -0.2) is 4.98 Å². The summed E-state index contributed by atoms with van der Waals surface area (Å²) < 4.78 is 26.8. The van der Waals surface area contributed by atoms with Crippen LogP contribution in [0.1, 0.15) is 41.6 Å². The lowest BCUT2D eigenvalue weighted by Crippen LogP contribution is -2.20. The second kappa shape index (κ2) is 14.6. The Balaban J connectivity index is 1.37. The van der Waals surface area contributed by atoms with Crippen molar-refractivity contribution in [2.45, 2.75) is 20.8 Å². The summed E-state index contributed by atoms with van der Waals surface area (Å²) in [5.74, 6) is 0.754. The molecule has 10 nitrogen and oxygen atoms in total. The average molecular weight is 528 g/mol. The summed E-state index contributed by atoms with van der Waals surface area (Å²) in [7, 11) is 1.63. The fourth-order valence-corrected chi connectivity index (χ4v) is 3.42. The molecule has 2 aromatic heterocycles. The van der Waals surface area contributed by atoms with Crippen LogP contribution in [0, 0.1) is 5.41 Å². The number of ether oxygens (including phenoxy) is 5. The number of nitrogens with one attached hydrogen (secondary N) is 2. The fourth-order valence-electron chi connectivity index (χ4n) is 3.42. The molecule has 1 aromatic carbocycles. The predicted octanol–water partition coefficient (Wildman–Crippen LogP) is 4.12. The molecule has 2 N–H and O–H groups in total. The topological polar surface area (TPSA) is 121 Å². The maximum atomic E-state index is 12.7. The van der Waals surface area contributed by atoms with Crippen molar-refractivity contribution >= 4 is 28.4 Å². The van der Waals surface area contributed by atoms with Crippen LogP contribution < -0.4 is 10.1 Å². The first kappa shape index (κ1) is 29.2. The van der Waals surface area contributed by atoms with Crippen LogP contribution in [-0.2, 0) is 18.9 Å². The Hall–Kier alpha value is -3.31. The van der Waals surface area contributed by atoms with Crippen molar-refractivity contribution in [2.75, 3.05) is 65.3 Å². The highest BCUT2D eigenvalue weighted by Crippen LogP contribution is 2.24. The van der Waals surface area contributed by atoms with E-state index in [0.717, 1.165) is 10.9 Å². The standard InChI is InChI=1S/C28H37N3O7/c1-28(2,3)26(32)23-17-21-18-25(29-19-24(21)30-23)31-27(33)20-5-7-22(8-6-20)38-16-15-37-14-13-36-12-11-35-10-9-34-4/h5-8,17-19,30H,9-16H2,1-4H3,(H,29,31,33). The molecule has 3 aromatic rings. The highest BCUT2D eigenvalue weighted by atomic mass is 16.6. The number of Topliss-reactive ketones (excluding diaryl/α,β-unsaturated/α-hetero) is 1. The van der Waals surface area contributed by atoms with Gasteiger partial charge in [0.2, 0.25) is 0 Å². The zero-order chi connectivity index (χ0) is 27.4. The summed E-state index contributed by atoms with van der Waals surface area (Å²) in [4.78, 5) is 32.6. The smallest absolute Gasteiger partial charge is 0.256 e. The lowest BCUT2D eigenvalue weighted by atomic mass is 9.89. The van der Waals surface area contributed by atoms with Crippen LogP contribution in [0.5, 0.6) is 5.75 Å². The summed E-state index contributed by atoms with van der Waals surface area (Å²) in [6.45, 7) is 9.55. The fraction of sp³-hybridized carbons (Fsp3) is 0.464. The SMILES string of the molecule is COCCOCCOCCOCCOc1ccc(C(=O)Nc2cc3cc(C(=O)C(C)(C)C)[nH]c3cn2)cc1. The van der Waals surface area contributed by atoms with Gasteiger partial charge in [0.1, 0.15) is 18.2 Å². The Kier molecular flexibility index (Phi) is 11.2. The van der Waals surface area contributed by atoms with E-state index in [4.69, 9.17) is 23.7 Å². The molecule has 10 heteroatoms. The van der Waals surface area contributed by atoms with Crippen LogP contribution in [0.3, 0.4) is 0 Å². The summed E-state index contributed by atoms with van der Waals surface area (Å²) in [5.41, 5.74) is 1.23. The van der Waals surface area contributed by atoms with Gasteiger partial charge in [-0.1, -0.05) is 20.8 Å². The number of H-pyrrole nitrogens is 1. The quantitative estimate of drug-likeness (QED) is 0.211. The van der Waals surface area contributed by atoms with Crippen LogP contribution in [-0.4, -0.2) is 81.6 Å². The van der Waals surface area contributed by atoms with Gasteiger partial charge in [0.25, 0.3) is 5.91 Å². The first-order valence-electron chi connectivity index (χ1n) is 12.6. The molecule has 206 valence electrons. The van der Waals surface area contributed by atoms with E-state index in [9.17, 15) is 9.59 Å². The highest BCUT2D eigenvalue weighted by molar-refractivity contribution is 6.05. The van der Waals surface area contributed by atoms with E-state index in [1.807, 2.05) is 20.8 Å². The lowest BCUT2D eigenvalue weighted by Gasteiger charge is -2.14. The number of anilines is 1. The first-order valence-corrected chi connectivity index (χ1v) is 12.6. The zero-order valence-electron chi connectivity index (χ0n) is 22.5. The van der Waals surface area contributed by atoms with Crippen LogP contribution >= 0.6 is 0 Å². The molecule has 1 amide bonds. The molecule has 0 bridgehead atoms. The minimum Gasteiger partial charge on any atom is -0.491 e. The summed E-state index contributed by atoms with van der Waals surface area (Å²) in [6.07, 6.45) is 1.61. The van der Waals surface area contributed by atoms with E-state index < -0.39 is 5.41 Å². The number of amides is 1. The molecule has 0 saturated carbocycles. The number of hydrogen-bond donors (Lipinski definition) is 2. The normalized spacial score (nSPS) is 11.6. The Bertz CT molecular complexity index is 1170. The van der Waals surface area contributed by atoms with Crippen LogP contribution in [0.2, 0.25) is 0 Å². The molecule has 0 aliphatic rings. The van der Waals surface area contributed by atoms with Crippen LogP contribution in [0.15, 0.2) is 42.6 Å². The van der Waals surface area contributed by atoms with Crippen molar-refractivity contribution in [1.29, 1.82) is 0 Å². The van der Waals surface area contributed by atoms with E-state index >= 15 is 0 Å². The number of nitrogens with zero attached hydrogens (tertiary/aromatic N) is 1. The van der Waals surface area contributed by atoms with Gasteiger partial charge in [0.15, 0.2) is 5.78 Å². The molecule has 0 aliphatic heterocycles. The van der Waals surface area contributed by atoms with Gasteiger partial charge in [0.05, 0.1) is 63.7 Å². The van der Waals surface area contributed by atoms with Crippen molar-refractivity contribution in [3.05, 3.63) is 53.9 Å². The van der Waals surface area contributed by atoms with Crippen molar-refractivity contribution in [3.63, 3.8) is 0 Å². The van der Waals surface area contributed by atoms with Crippen molar-refractivity contribution < 1.29 is 33.3 Å². The van der Waals surface area contributed by atoms with Crippen molar-refractivity contribution in [1.82, 2.24) is 9.97 Å². The van der Waals surface area contributed by atoms with Crippen LogP contribution in [0.4, 0.5) is 5.82 Å². The first-order chi connectivity index (χ1) is 18.3. The van der Waals surface area contributed by atoms with Crippen molar-refractivity contribution in [2.24, 2.45) is 5.41 Å². The monoisotopic (exact) mass is 527 g/mol. The van der Waals surface area contributed by atoms with Gasteiger partial charge < -0.3 is 34.0 Å². The minimum absolute atomic E-state index is 0.0118. The van der Waals surface area contributed by atoms with Crippen LogP contribution in [0.25, 0.3) is 10.9 Å². The Labute approximate surface area is 223 Å². The predicted molar refractivity (Wildman–Crippen MR) is 144 cm³/mol. The molecule has 0 aliphatic carbocycles. The van der Waals surface area contributed by atoms with E-state index in [0.29, 0.717) is 75.7 Å². The molecule has 0 radical (unpaired) electrons. The molecule has 3 rings (SSSR count). The number of aromatic nitrogens is 2. The average Bonchev–Trinajstić information content (AvgIpc) is 3.32. The highest BCUT2D eigenvalue weighted by Gasteiger charge is 2.24. The number of fused-ring (bicyclic) bond motifs is 1. The Morgan fingerprint density at radius 1 is 0.868 bits per heavy atom. The summed E-state index contributed by atoms with van der Waals surface area (Å²) in [6, 6.07) is 10.3. The number of benzene rings is 1. The molecule has 0 atom stereocenters. The maximum Gasteiger partial charge on any atom is 0.256 e. The van der Waals surface area contributed by atoms with Gasteiger partial charge in [-0.05, 0) is 36.4 Å².